The summed E-state index contributed by atoms with van der Waals surface area (Å²) in [7, 11) is 0. The van der Waals surface area contributed by atoms with E-state index in [1.54, 1.807) is 30.3 Å². The van der Waals surface area contributed by atoms with Crippen molar-refractivity contribution in [1.29, 1.82) is 0 Å². The Morgan fingerprint density at radius 2 is 1.71 bits per heavy atom. The summed E-state index contributed by atoms with van der Waals surface area (Å²) in [6, 6.07) is 8.27. The molecule has 2 aromatic rings. The van der Waals surface area contributed by atoms with Crippen molar-refractivity contribution in [2.45, 2.75) is 0 Å². The maximum atomic E-state index is 11.7. The molecule has 0 spiro atoms. The average Bonchev–Trinajstić information content (AvgIpc) is 2.35. The van der Waals surface area contributed by atoms with Crippen LogP contribution < -0.4 is 10.8 Å². The molecule has 17 heavy (non-hydrogen) atoms. The summed E-state index contributed by atoms with van der Waals surface area (Å²) in [6.07, 6.45) is 0. The van der Waals surface area contributed by atoms with Crippen molar-refractivity contribution in [3.63, 3.8) is 0 Å². The predicted octanol–water partition coefficient (Wildman–Crippen LogP) is 1.52. The molecule has 0 unspecified atom stereocenters. The van der Waals surface area contributed by atoms with Gasteiger partial charge in [0, 0.05) is 21.9 Å². The van der Waals surface area contributed by atoms with Gasteiger partial charge in [0.1, 0.15) is 0 Å². The van der Waals surface area contributed by atoms with E-state index in [1.807, 2.05) is 0 Å². The third-order valence-corrected chi connectivity index (χ3v) is 2.88. The Morgan fingerprint density at radius 3 is 2.41 bits per heavy atom. The zero-order valence-corrected chi connectivity index (χ0v) is 8.65. The lowest BCUT2D eigenvalue weighted by Crippen LogP contribution is -2.34. The molecule has 5 heteroatoms. The molecule has 3 rings (SSSR count). The normalized spacial score (nSPS) is 13.7. The SMILES string of the molecule is O=C1NC(=O)c2ccc(NO)c3cccc1c23. The molecule has 2 amide bonds. The first kappa shape index (κ1) is 9.80. The number of imide groups is 1. The van der Waals surface area contributed by atoms with Gasteiger partial charge in [0.2, 0.25) is 0 Å². The van der Waals surface area contributed by atoms with Crippen molar-refractivity contribution in [3.05, 3.63) is 41.5 Å². The number of hydrogen-bond donors (Lipinski definition) is 3. The molecule has 5 nitrogen and oxygen atoms in total. The second kappa shape index (κ2) is 3.29. The van der Waals surface area contributed by atoms with Crippen molar-refractivity contribution >= 4 is 28.3 Å². The van der Waals surface area contributed by atoms with Crippen LogP contribution in [0.25, 0.3) is 10.8 Å². The number of nitrogens with one attached hydrogen (secondary N) is 2. The summed E-state index contributed by atoms with van der Waals surface area (Å²) in [5.41, 5.74) is 3.40. The first-order chi connectivity index (χ1) is 8.22. The first-order valence-corrected chi connectivity index (χ1v) is 5.04. The molecule has 0 saturated heterocycles. The summed E-state index contributed by atoms with van der Waals surface area (Å²) in [5.74, 6) is -0.827. The monoisotopic (exact) mass is 228 g/mol. The van der Waals surface area contributed by atoms with Gasteiger partial charge in [-0.2, -0.15) is 0 Å². The van der Waals surface area contributed by atoms with Gasteiger partial charge in [-0.25, -0.2) is 0 Å². The predicted molar refractivity (Wildman–Crippen MR) is 61.2 cm³/mol. The van der Waals surface area contributed by atoms with Crippen LogP contribution >= 0.6 is 0 Å². The zero-order valence-electron chi connectivity index (χ0n) is 8.65. The Hall–Kier alpha value is -2.40. The lowest BCUT2D eigenvalue weighted by molar-refractivity contribution is 0.0845. The largest absolute Gasteiger partial charge is 0.291 e. The third kappa shape index (κ3) is 1.23. The van der Waals surface area contributed by atoms with Crippen LogP contribution in [0.3, 0.4) is 0 Å². The molecule has 0 bridgehead atoms. The maximum Gasteiger partial charge on any atom is 0.258 e. The van der Waals surface area contributed by atoms with E-state index >= 15 is 0 Å². The minimum absolute atomic E-state index is 0.414. The van der Waals surface area contributed by atoms with Gasteiger partial charge in [0.15, 0.2) is 0 Å². The second-order valence-electron chi connectivity index (χ2n) is 3.78. The number of rotatable bonds is 1. The highest BCUT2D eigenvalue weighted by Crippen LogP contribution is 2.31. The van der Waals surface area contributed by atoms with Gasteiger partial charge < -0.3 is 0 Å². The average molecular weight is 228 g/mol. The van der Waals surface area contributed by atoms with Crippen LogP contribution in [0.2, 0.25) is 0 Å². The van der Waals surface area contributed by atoms with Crippen molar-refractivity contribution in [2.24, 2.45) is 0 Å². The molecular formula is C12H8N2O3. The van der Waals surface area contributed by atoms with E-state index < -0.39 is 11.8 Å². The van der Waals surface area contributed by atoms with E-state index in [0.29, 0.717) is 27.6 Å². The van der Waals surface area contributed by atoms with Crippen LogP contribution in [0.15, 0.2) is 30.3 Å². The molecule has 0 saturated carbocycles. The molecule has 0 fully saturated rings. The van der Waals surface area contributed by atoms with Crippen LogP contribution in [0.1, 0.15) is 20.7 Å². The Labute approximate surface area is 96.0 Å². The van der Waals surface area contributed by atoms with Crippen molar-refractivity contribution in [3.8, 4) is 0 Å². The fourth-order valence-corrected chi connectivity index (χ4v) is 2.12. The number of carbonyl (C=O) groups is 2. The van der Waals surface area contributed by atoms with E-state index in [1.165, 1.54) is 0 Å². The molecule has 3 N–H and O–H groups in total. The minimum Gasteiger partial charge on any atom is -0.291 e. The number of benzene rings is 2. The van der Waals surface area contributed by atoms with Crippen LogP contribution in [0.4, 0.5) is 5.69 Å². The Balaban J connectivity index is 2.51. The summed E-state index contributed by atoms with van der Waals surface area (Å²) in [6.45, 7) is 0. The van der Waals surface area contributed by atoms with Gasteiger partial charge in [-0.05, 0) is 18.2 Å². The molecule has 0 aliphatic carbocycles. The number of amides is 2. The highest BCUT2D eigenvalue weighted by molar-refractivity contribution is 6.26. The Kier molecular flexibility index (Phi) is 1.90. The van der Waals surface area contributed by atoms with E-state index in [9.17, 15) is 9.59 Å². The number of carbonyl (C=O) groups excluding carboxylic acids is 2. The molecule has 0 aromatic heterocycles. The van der Waals surface area contributed by atoms with Crippen LogP contribution in [-0.2, 0) is 0 Å². The standard InChI is InChI=1S/C12H8N2O3/c15-11-7-3-1-2-6-9(14-17)5-4-8(10(6)7)12(16)13-11/h1-5,14,17H,(H,13,15,16). The number of anilines is 1. The van der Waals surface area contributed by atoms with Crippen molar-refractivity contribution in [2.75, 3.05) is 5.48 Å². The van der Waals surface area contributed by atoms with Gasteiger partial charge in [-0.3, -0.25) is 25.6 Å². The summed E-state index contributed by atoms with van der Waals surface area (Å²) >= 11 is 0. The van der Waals surface area contributed by atoms with Gasteiger partial charge in [-0.15, -0.1) is 0 Å². The molecule has 1 aliphatic heterocycles. The lowest BCUT2D eigenvalue weighted by atomic mass is 9.94. The minimum atomic E-state index is -0.414. The molecule has 1 aliphatic rings. The van der Waals surface area contributed by atoms with Crippen molar-refractivity contribution < 1.29 is 14.8 Å². The van der Waals surface area contributed by atoms with Crippen LogP contribution in [0.5, 0.6) is 0 Å². The molecule has 0 atom stereocenters. The molecule has 0 radical (unpaired) electrons. The van der Waals surface area contributed by atoms with Gasteiger partial charge >= 0.3 is 0 Å². The third-order valence-electron chi connectivity index (χ3n) is 2.88. The maximum absolute atomic E-state index is 11.7. The summed E-state index contributed by atoms with van der Waals surface area (Å²) in [5, 5.41) is 12.5. The van der Waals surface area contributed by atoms with Gasteiger partial charge in [0.05, 0.1) is 5.69 Å². The Morgan fingerprint density at radius 1 is 1.00 bits per heavy atom. The lowest BCUT2D eigenvalue weighted by Gasteiger charge is -2.17. The molecule has 84 valence electrons. The fourth-order valence-electron chi connectivity index (χ4n) is 2.12. The van der Waals surface area contributed by atoms with Gasteiger partial charge in [0.25, 0.3) is 11.8 Å². The van der Waals surface area contributed by atoms with Crippen LogP contribution in [-0.4, -0.2) is 17.0 Å². The number of hydrogen-bond acceptors (Lipinski definition) is 4. The fraction of sp³-hybridized carbons (Fsp3) is 0. The van der Waals surface area contributed by atoms with E-state index in [2.05, 4.69) is 10.8 Å². The zero-order chi connectivity index (χ0) is 12.0. The Bertz CT molecular complexity index is 644. The van der Waals surface area contributed by atoms with Crippen molar-refractivity contribution in [1.82, 2.24) is 5.32 Å². The molecule has 2 aromatic carbocycles. The summed E-state index contributed by atoms with van der Waals surface area (Å²) < 4.78 is 0. The molecular weight excluding hydrogens is 220 g/mol. The highest BCUT2D eigenvalue weighted by Gasteiger charge is 2.25. The highest BCUT2D eigenvalue weighted by atomic mass is 16.5. The van der Waals surface area contributed by atoms with E-state index in [0.717, 1.165) is 0 Å². The topological polar surface area (TPSA) is 78.4 Å². The van der Waals surface area contributed by atoms with E-state index in [-0.39, 0.29) is 0 Å². The summed E-state index contributed by atoms with van der Waals surface area (Å²) in [4.78, 5) is 23.3. The second-order valence-corrected chi connectivity index (χ2v) is 3.78. The van der Waals surface area contributed by atoms with Gasteiger partial charge in [-0.1, -0.05) is 12.1 Å². The molecule has 1 heterocycles. The quantitative estimate of drug-likeness (QED) is 0.511. The first-order valence-electron chi connectivity index (χ1n) is 5.04. The van der Waals surface area contributed by atoms with E-state index in [4.69, 9.17) is 5.21 Å². The van der Waals surface area contributed by atoms with Crippen LogP contribution in [0, 0.1) is 0 Å². The smallest absolute Gasteiger partial charge is 0.258 e.